The van der Waals surface area contributed by atoms with E-state index >= 15 is 0 Å². The second-order valence-electron chi connectivity index (χ2n) is 4.34. The minimum absolute atomic E-state index is 0.218. The van der Waals surface area contributed by atoms with Crippen LogP contribution in [0.5, 0.6) is 0 Å². The molecule has 1 aliphatic carbocycles. The smallest absolute Gasteiger partial charge is 0.147 e. The SMILES string of the molecule is Nc1ccc(SC2CCC(N)CC2)cc1F. The maximum atomic E-state index is 13.2. The predicted molar refractivity (Wildman–Crippen MR) is 66.9 cm³/mol. The van der Waals surface area contributed by atoms with Crippen molar-refractivity contribution in [3.8, 4) is 0 Å². The number of rotatable bonds is 2. The Kier molecular flexibility index (Phi) is 3.71. The van der Waals surface area contributed by atoms with E-state index in [1.807, 2.05) is 6.07 Å². The molecule has 0 spiro atoms. The van der Waals surface area contributed by atoms with Crippen LogP contribution in [-0.2, 0) is 0 Å². The Balaban J connectivity index is 1.96. The molecule has 0 atom stereocenters. The molecule has 1 fully saturated rings. The van der Waals surface area contributed by atoms with Gasteiger partial charge in [0.1, 0.15) is 5.82 Å². The van der Waals surface area contributed by atoms with Crippen molar-refractivity contribution in [3.05, 3.63) is 24.0 Å². The lowest BCUT2D eigenvalue weighted by Gasteiger charge is -2.25. The molecule has 88 valence electrons. The molecular weight excluding hydrogens is 223 g/mol. The monoisotopic (exact) mass is 240 g/mol. The summed E-state index contributed by atoms with van der Waals surface area (Å²) in [6, 6.07) is 5.40. The average molecular weight is 240 g/mol. The van der Waals surface area contributed by atoms with Crippen molar-refractivity contribution in [1.29, 1.82) is 0 Å². The van der Waals surface area contributed by atoms with Crippen molar-refractivity contribution in [1.82, 2.24) is 0 Å². The predicted octanol–water partition coefficient (Wildman–Crippen LogP) is 2.77. The summed E-state index contributed by atoms with van der Waals surface area (Å²) in [5.74, 6) is -0.322. The fraction of sp³-hybridized carbons (Fsp3) is 0.500. The summed E-state index contributed by atoms with van der Waals surface area (Å²) in [5.41, 5.74) is 11.5. The highest BCUT2D eigenvalue weighted by Gasteiger charge is 2.19. The standard InChI is InChI=1S/C12H17FN2S/c13-11-7-10(5-6-12(11)15)16-9-3-1-8(14)2-4-9/h5-9H,1-4,14-15H2. The first kappa shape index (κ1) is 11.7. The molecule has 0 bridgehead atoms. The van der Waals surface area contributed by atoms with E-state index in [1.165, 1.54) is 6.07 Å². The fourth-order valence-corrected chi connectivity index (χ4v) is 3.19. The van der Waals surface area contributed by atoms with E-state index < -0.39 is 0 Å². The summed E-state index contributed by atoms with van der Waals surface area (Å²) >= 11 is 1.74. The number of hydrogen-bond acceptors (Lipinski definition) is 3. The first-order valence-corrected chi connectivity index (χ1v) is 6.50. The largest absolute Gasteiger partial charge is 0.396 e. The summed E-state index contributed by atoms with van der Waals surface area (Å²) in [6.07, 6.45) is 4.40. The Morgan fingerprint density at radius 2 is 1.88 bits per heavy atom. The van der Waals surface area contributed by atoms with E-state index in [-0.39, 0.29) is 11.5 Å². The van der Waals surface area contributed by atoms with Gasteiger partial charge in [-0.15, -0.1) is 11.8 Å². The highest BCUT2D eigenvalue weighted by molar-refractivity contribution is 8.00. The molecule has 0 aliphatic heterocycles. The van der Waals surface area contributed by atoms with Gasteiger partial charge in [0.25, 0.3) is 0 Å². The Hall–Kier alpha value is -0.740. The van der Waals surface area contributed by atoms with Crippen molar-refractivity contribution in [2.45, 2.75) is 41.9 Å². The van der Waals surface area contributed by atoms with E-state index in [0.29, 0.717) is 11.3 Å². The van der Waals surface area contributed by atoms with Crippen molar-refractivity contribution in [2.24, 2.45) is 5.73 Å². The average Bonchev–Trinajstić information content (AvgIpc) is 2.27. The Morgan fingerprint density at radius 3 is 2.50 bits per heavy atom. The van der Waals surface area contributed by atoms with Gasteiger partial charge in [-0.05, 0) is 43.9 Å². The van der Waals surface area contributed by atoms with Gasteiger partial charge < -0.3 is 11.5 Å². The lowest BCUT2D eigenvalue weighted by molar-refractivity contribution is 0.451. The van der Waals surface area contributed by atoms with Crippen molar-refractivity contribution in [2.75, 3.05) is 5.73 Å². The zero-order valence-corrected chi connectivity index (χ0v) is 9.97. The minimum atomic E-state index is -0.322. The molecule has 0 saturated heterocycles. The lowest BCUT2D eigenvalue weighted by atomic mass is 9.96. The number of nitrogen functional groups attached to an aromatic ring is 1. The second kappa shape index (κ2) is 5.06. The summed E-state index contributed by atoms with van der Waals surface area (Å²) in [4.78, 5) is 0.965. The van der Waals surface area contributed by atoms with Gasteiger partial charge in [-0.25, -0.2) is 4.39 Å². The van der Waals surface area contributed by atoms with Gasteiger partial charge >= 0.3 is 0 Å². The van der Waals surface area contributed by atoms with Gasteiger partial charge in [0.2, 0.25) is 0 Å². The van der Waals surface area contributed by atoms with Crippen LogP contribution in [0.15, 0.2) is 23.1 Å². The van der Waals surface area contributed by atoms with E-state index in [9.17, 15) is 4.39 Å². The van der Waals surface area contributed by atoms with Gasteiger partial charge in [-0.2, -0.15) is 0 Å². The molecule has 2 nitrogen and oxygen atoms in total. The molecule has 0 unspecified atom stereocenters. The Labute approximate surface area is 99.6 Å². The van der Waals surface area contributed by atoms with Gasteiger partial charge in [0.05, 0.1) is 5.69 Å². The summed E-state index contributed by atoms with van der Waals surface area (Å²) in [5, 5.41) is 0.572. The number of benzene rings is 1. The van der Waals surface area contributed by atoms with E-state index in [1.54, 1.807) is 17.8 Å². The normalized spacial score (nSPS) is 25.6. The third kappa shape index (κ3) is 2.89. The molecule has 1 saturated carbocycles. The third-order valence-electron chi connectivity index (χ3n) is 2.99. The highest BCUT2D eigenvalue weighted by Crippen LogP contribution is 2.34. The van der Waals surface area contributed by atoms with E-state index in [4.69, 9.17) is 11.5 Å². The zero-order chi connectivity index (χ0) is 11.5. The number of anilines is 1. The van der Waals surface area contributed by atoms with Gasteiger partial charge in [0, 0.05) is 16.2 Å². The van der Waals surface area contributed by atoms with E-state index in [2.05, 4.69) is 0 Å². The number of nitrogens with two attached hydrogens (primary N) is 2. The highest BCUT2D eigenvalue weighted by atomic mass is 32.2. The molecule has 4 heteroatoms. The van der Waals surface area contributed by atoms with Gasteiger partial charge in [0.15, 0.2) is 0 Å². The van der Waals surface area contributed by atoms with Crippen LogP contribution in [-0.4, -0.2) is 11.3 Å². The van der Waals surface area contributed by atoms with Crippen LogP contribution in [0.3, 0.4) is 0 Å². The zero-order valence-electron chi connectivity index (χ0n) is 9.16. The maximum Gasteiger partial charge on any atom is 0.147 e. The molecule has 0 heterocycles. The van der Waals surface area contributed by atoms with Crippen LogP contribution in [0.4, 0.5) is 10.1 Å². The number of hydrogen-bond donors (Lipinski definition) is 2. The number of halogens is 1. The first-order valence-electron chi connectivity index (χ1n) is 5.62. The molecule has 1 aromatic rings. The van der Waals surface area contributed by atoms with Crippen LogP contribution in [0.25, 0.3) is 0 Å². The summed E-state index contributed by atoms with van der Waals surface area (Å²) in [7, 11) is 0. The molecular formula is C12H17FN2S. The molecule has 1 aromatic carbocycles. The lowest BCUT2D eigenvalue weighted by Crippen LogP contribution is -2.27. The fourth-order valence-electron chi connectivity index (χ4n) is 1.98. The second-order valence-corrected chi connectivity index (χ2v) is 5.71. The molecule has 0 radical (unpaired) electrons. The molecule has 0 amide bonds. The Bertz CT molecular complexity index is 362. The van der Waals surface area contributed by atoms with Crippen LogP contribution in [0.1, 0.15) is 25.7 Å². The molecule has 2 rings (SSSR count). The van der Waals surface area contributed by atoms with Crippen molar-refractivity contribution >= 4 is 17.4 Å². The van der Waals surface area contributed by atoms with Gasteiger partial charge in [-0.3, -0.25) is 0 Å². The van der Waals surface area contributed by atoms with Crippen LogP contribution in [0.2, 0.25) is 0 Å². The van der Waals surface area contributed by atoms with E-state index in [0.717, 1.165) is 30.6 Å². The van der Waals surface area contributed by atoms with Crippen molar-refractivity contribution in [3.63, 3.8) is 0 Å². The van der Waals surface area contributed by atoms with Crippen LogP contribution >= 0.6 is 11.8 Å². The third-order valence-corrected chi connectivity index (χ3v) is 4.32. The molecule has 16 heavy (non-hydrogen) atoms. The number of thioether (sulfide) groups is 1. The molecule has 0 aromatic heterocycles. The maximum absolute atomic E-state index is 13.2. The van der Waals surface area contributed by atoms with Gasteiger partial charge in [-0.1, -0.05) is 0 Å². The van der Waals surface area contributed by atoms with Crippen LogP contribution < -0.4 is 11.5 Å². The first-order chi connectivity index (χ1) is 7.65. The topological polar surface area (TPSA) is 52.0 Å². The minimum Gasteiger partial charge on any atom is -0.396 e. The Morgan fingerprint density at radius 1 is 1.19 bits per heavy atom. The quantitative estimate of drug-likeness (QED) is 0.782. The summed E-state index contributed by atoms with van der Waals surface area (Å²) in [6.45, 7) is 0. The van der Waals surface area contributed by atoms with Crippen molar-refractivity contribution < 1.29 is 4.39 Å². The molecule has 1 aliphatic rings. The molecule has 4 N–H and O–H groups in total. The van der Waals surface area contributed by atoms with Crippen LogP contribution in [0, 0.1) is 5.82 Å². The summed E-state index contributed by atoms with van der Waals surface area (Å²) < 4.78 is 13.2.